The molecule has 0 spiro atoms. The lowest BCUT2D eigenvalue weighted by Crippen LogP contribution is -2.45. The molecular formula is C16H25NO2S. The molecule has 20 heavy (non-hydrogen) atoms. The second-order valence-corrected chi connectivity index (χ2v) is 8.78. The van der Waals surface area contributed by atoms with Crippen molar-refractivity contribution in [1.82, 2.24) is 5.32 Å². The highest BCUT2D eigenvalue weighted by atomic mass is 32.2. The van der Waals surface area contributed by atoms with Crippen LogP contribution in [0.25, 0.3) is 0 Å². The lowest BCUT2D eigenvalue weighted by Gasteiger charge is -2.30. The van der Waals surface area contributed by atoms with Crippen molar-refractivity contribution in [3.05, 3.63) is 29.3 Å². The molecule has 1 aromatic rings. The van der Waals surface area contributed by atoms with Crippen LogP contribution in [0.5, 0.6) is 0 Å². The summed E-state index contributed by atoms with van der Waals surface area (Å²) in [7, 11) is -1.42. The van der Waals surface area contributed by atoms with Gasteiger partial charge in [0.15, 0.2) is 9.84 Å². The van der Waals surface area contributed by atoms with Crippen LogP contribution < -0.4 is 5.32 Å². The van der Waals surface area contributed by atoms with Crippen LogP contribution in [0.15, 0.2) is 23.1 Å². The summed E-state index contributed by atoms with van der Waals surface area (Å²) < 4.78 is 26.0. The molecule has 112 valence electrons. The highest BCUT2D eigenvalue weighted by molar-refractivity contribution is 7.92. The predicted octanol–water partition coefficient (Wildman–Crippen LogP) is 2.85. The minimum Gasteiger partial charge on any atom is -0.315 e. The molecule has 1 aromatic carbocycles. The fraction of sp³-hybridized carbons (Fsp3) is 0.625. The maximum absolute atomic E-state index is 13.0. The van der Waals surface area contributed by atoms with E-state index in [2.05, 4.69) is 19.2 Å². The van der Waals surface area contributed by atoms with Gasteiger partial charge in [0.2, 0.25) is 0 Å². The van der Waals surface area contributed by atoms with Crippen molar-refractivity contribution in [1.29, 1.82) is 0 Å². The Hall–Kier alpha value is -0.870. The van der Waals surface area contributed by atoms with Gasteiger partial charge in [-0.25, -0.2) is 8.42 Å². The molecule has 1 saturated carbocycles. The Morgan fingerprint density at radius 2 is 1.90 bits per heavy atom. The molecule has 0 bridgehead atoms. The fourth-order valence-electron chi connectivity index (χ4n) is 3.53. The molecule has 1 aliphatic carbocycles. The summed E-state index contributed by atoms with van der Waals surface area (Å²) >= 11 is 0. The first kappa shape index (κ1) is 15.5. The van der Waals surface area contributed by atoms with Gasteiger partial charge in [-0.1, -0.05) is 31.5 Å². The number of hydrogen-bond acceptors (Lipinski definition) is 3. The third kappa shape index (κ3) is 2.51. The Morgan fingerprint density at radius 3 is 2.45 bits per heavy atom. The Labute approximate surface area is 122 Å². The Balaban J connectivity index is 2.45. The van der Waals surface area contributed by atoms with Gasteiger partial charge in [0.25, 0.3) is 0 Å². The minimum absolute atomic E-state index is 0.00760. The number of sulfone groups is 1. The number of hydrogen-bond donors (Lipinski definition) is 1. The molecule has 2 atom stereocenters. The molecule has 1 aliphatic rings. The molecule has 1 fully saturated rings. The summed E-state index contributed by atoms with van der Waals surface area (Å²) in [4.78, 5) is 0.492. The van der Waals surface area contributed by atoms with Crippen LogP contribution in [0.3, 0.4) is 0 Å². The van der Waals surface area contributed by atoms with Gasteiger partial charge in [0.05, 0.1) is 10.1 Å². The van der Waals surface area contributed by atoms with Crippen LogP contribution in [-0.2, 0) is 9.84 Å². The summed E-state index contributed by atoms with van der Waals surface area (Å²) in [5.41, 5.74) is 1.97. The monoisotopic (exact) mass is 295 g/mol. The van der Waals surface area contributed by atoms with Gasteiger partial charge in [0.1, 0.15) is 0 Å². The van der Waals surface area contributed by atoms with E-state index in [1.54, 1.807) is 6.07 Å². The molecule has 4 heteroatoms. The molecule has 0 aliphatic heterocycles. The van der Waals surface area contributed by atoms with Crippen LogP contribution in [0.2, 0.25) is 0 Å². The van der Waals surface area contributed by atoms with E-state index in [9.17, 15) is 8.42 Å². The number of nitrogens with one attached hydrogen (secondary N) is 1. The van der Waals surface area contributed by atoms with E-state index in [0.717, 1.165) is 24.0 Å². The minimum atomic E-state index is -3.28. The molecule has 0 radical (unpaired) electrons. The first-order valence-electron chi connectivity index (χ1n) is 7.18. The molecule has 0 aromatic heterocycles. The topological polar surface area (TPSA) is 46.2 Å². The van der Waals surface area contributed by atoms with Crippen molar-refractivity contribution in [2.75, 3.05) is 7.05 Å². The van der Waals surface area contributed by atoms with Gasteiger partial charge in [-0.2, -0.15) is 0 Å². The SMILES string of the molecule is CNC1C(S(=O)(=O)c2ccc(C)cc2C)CCC1(C)C. The van der Waals surface area contributed by atoms with E-state index in [1.807, 2.05) is 33.0 Å². The van der Waals surface area contributed by atoms with Gasteiger partial charge in [0, 0.05) is 6.04 Å². The lowest BCUT2D eigenvalue weighted by atomic mass is 9.87. The molecule has 2 rings (SSSR count). The van der Waals surface area contributed by atoms with Crippen LogP contribution in [0, 0.1) is 19.3 Å². The van der Waals surface area contributed by atoms with Gasteiger partial charge < -0.3 is 5.32 Å². The standard InChI is InChI=1S/C16H25NO2S/c1-11-6-7-13(12(2)10-11)20(18,19)14-8-9-16(3,4)15(14)17-5/h6-7,10,14-15,17H,8-9H2,1-5H3. The van der Waals surface area contributed by atoms with Gasteiger partial charge in [-0.3, -0.25) is 0 Å². The Bertz CT molecular complexity index is 605. The summed E-state index contributed by atoms with van der Waals surface area (Å²) in [6.45, 7) is 8.16. The zero-order valence-corrected chi connectivity index (χ0v) is 13.8. The Morgan fingerprint density at radius 1 is 1.25 bits per heavy atom. The van der Waals surface area contributed by atoms with Gasteiger partial charge >= 0.3 is 0 Å². The quantitative estimate of drug-likeness (QED) is 0.932. The van der Waals surface area contributed by atoms with E-state index in [4.69, 9.17) is 0 Å². The zero-order valence-electron chi connectivity index (χ0n) is 13.0. The van der Waals surface area contributed by atoms with E-state index >= 15 is 0 Å². The molecule has 3 nitrogen and oxygen atoms in total. The average Bonchev–Trinajstić information content (AvgIpc) is 2.64. The highest BCUT2D eigenvalue weighted by Crippen LogP contribution is 2.42. The second kappa shape index (κ2) is 5.15. The lowest BCUT2D eigenvalue weighted by molar-refractivity contribution is 0.297. The van der Waals surface area contributed by atoms with Crippen LogP contribution >= 0.6 is 0 Å². The van der Waals surface area contributed by atoms with E-state index in [0.29, 0.717) is 4.90 Å². The third-order valence-corrected chi connectivity index (χ3v) is 7.01. The van der Waals surface area contributed by atoms with Crippen molar-refractivity contribution >= 4 is 9.84 Å². The first-order chi connectivity index (χ1) is 9.20. The highest BCUT2D eigenvalue weighted by Gasteiger charge is 2.47. The van der Waals surface area contributed by atoms with Crippen LogP contribution in [-0.4, -0.2) is 26.8 Å². The maximum atomic E-state index is 13.0. The van der Waals surface area contributed by atoms with E-state index in [1.165, 1.54) is 0 Å². The Kier molecular flexibility index (Phi) is 4.00. The van der Waals surface area contributed by atoms with Crippen molar-refractivity contribution in [3.8, 4) is 0 Å². The van der Waals surface area contributed by atoms with Crippen molar-refractivity contribution in [3.63, 3.8) is 0 Å². The second-order valence-electron chi connectivity index (χ2n) is 6.65. The summed E-state index contributed by atoms with van der Waals surface area (Å²) in [6.07, 6.45) is 1.67. The zero-order chi connectivity index (χ0) is 15.1. The van der Waals surface area contributed by atoms with Crippen LogP contribution in [0.1, 0.15) is 37.8 Å². The van der Waals surface area contributed by atoms with E-state index in [-0.39, 0.29) is 16.7 Å². The largest absolute Gasteiger partial charge is 0.315 e. The molecular weight excluding hydrogens is 270 g/mol. The van der Waals surface area contributed by atoms with Crippen molar-refractivity contribution in [2.45, 2.75) is 56.7 Å². The fourth-order valence-corrected chi connectivity index (χ4v) is 5.91. The number of rotatable bonds is 3. The molecule has 0 amide bonds. The van der Waals surface area contributed by atoms with Gasteiger partial charge in [-0.05, 0) is 50.8 Å². The number of benzene rings is 1. The third-order valence-electron chi connectivity index (χ3n) is 4.63. The average molecular weight is 295 g/mol. The molecule has 1 N–H and O–H groups in total. The normalized spacial score (nSPS) is 25.9. The summed E-state index contributed by atoms with van der Waals surface area (Å²) in [5, 5.41) is 2.90. The molecule has 0 heterocycles. The van der Waals surface area contributed by atoms with Gasteiger partial charge in [-0.15, -0.1) is 0 Å². The molecule has 2 unspecified atom stereocenters. The number of aryl methyl sites for hydroxylation is 2. The van der Waals surface area contributed by atoms with E-state index < -0.39 is 9.84 Å². The summed E-state index contributed by atoms with van der Waals surface area (Å²) in [6, 6.07) is 5.60. The predicted molar refractivity (Wildman–Crippen MR) is 82.8 cm³/mol. The van der Waals surface area contributed by atoms with Crippen LogP contribution in [0.4, 0.5) is 0 Å². The van der Waals surface area contributed by atoms with Crippen molar-refractivity contribution in [2.24, 2.45) is 5.41 Å². The maximum Gasteiger partial charge on any atom is 0.183 e. The first-order valence-corrected chi connectivity index (χ1v) is 8.73. The smallest absolute Gasteiger partial charge is 0.183 e. The van der Waals surface area contributed by atoms with Crippen molar-refractivity contribution < 1.29 is 8.42 Å². The summed E-state index contributed by atoms with van der Waals surface area (Å²) in [5.74, 6) is 0. The molecule has 0 saturated heterocycles.